The van der Waals surface area contributed by atoms with Gasteiger partial charge in [-0.05, 0) is 49.7 Å². The minimum absolute atomic E-state index is 0.0296. The minimum Gasteiger partial charge on any atom is -0.321 e. The van der Waals surface area contributed by atoms with Crippen LogP contribution in [-0.2, 0) is 6.18 Å². The summed E-state index contributed by atoms with van der Waals surface area (Å²) in [7, 11) is 0. The van der Waals surface area contributed by atoms with Crippen molar-refractivity contribution >= 4 is 23.2 Å². The standard InChI is InChI=1S/C22H18F3N3O2/c1-13-8-9-16(10-18(13)22(23,24)25)21(30)27-17-11-19(14(2)26-12-17)28-20(29)15-6-4-3-5-7-15/h3-12H,1-2H3,(H,27,30)(H,28,29). The number of hydrogen-bond acceptors (Lipinski definition) is 3. The first kappa shape index (κ1) is 21.0. The number of amides is 2. The molecule has 8 heteroatoms. The van der Waals surface area contributed by atoms with E-state index in [0.717, 1.165) is 6.07 Å². The largest absolute Gasteiger partial charge is 0.416 e. The molecule has 1 aromatic heterocycles. The molecule has 0 saturated carbocycles. The quantitative estimate of drug-likeness (QED) is 0.616. The zero-order chi connectivity index (χ0) is 21.9. The number of rotatable bonds is 4. The van der Waals surface area contributed by atoms with Crippen LogP contribution in [0.2, 0.25) is 0 Å². The van der Waals surface area contributed by atoms with Crippen molar-refractivity contribution in [2.24, 2.45) is 0 Å². The summed E-state index contributed by atoms with van der Waals surface area (Å²) in [4.78, 5) is 28.9. The summed E-state index contributed by atoms with van der Waals surface area (Å²) in [6.45, 7) is 3.01. The van der Waals surface area contributed by atoms with Crippen LogP contribution in [0.15, 0.2) is 60.8 Å². The molecule has 0 spiro atoms. The maximum Gasteiger partial charge on any atom is 0.416 e. The number of nitrogens with zero attached hydrogens (tertiary/aromatic N) is 1. The van der Waals surface area contributed by atoms with E-state index in [0.29, 0.717) is 16.9 Å². The van der Waals surface area contributed by atoms with Gasteiger partial charge in [0, 0.05) is 11.1 Å². The Morgan fingerprint density at radius 1 is 0.867 bits per heavy atom. The van der Waals surface area contributed by atoms with Crippen LogP contribution >= 0.6 is 0 Å². The number of benzene rings is 2. The fourth-order valence-electron chi connectivity index (χ4n) is 2.78. The van der Waals surface area contributed by atoms with E-state index in [-0.39, 0.29) is 22.7 Å². The average Bonchev–Trinajstić information content (AvgIpc) is 2.70. The van der Waals surface area contributed by atoms with Gasteiger partial charge < -0.3 is 10.6 Å². The highest BCUT2D eigenvalue weighted by atomic mass is 19.4. The minimum atomic E-state index is -4.55. The summed E-state index contributed by atoms with van der Waals surface area (Å²) in [5.74, 6) is -1.07. The van der Waals surface area contributed by atoms with Crippen LogP contribution < -0.4 is 10.6 Å². The maximum absolute atomic E-state index is 13.1. The first-order chi connectivity index (χ1) is 14.1. The van der Waals surface area contributed by atoms with Gasteiger partial charge in [0.05, 0.1) is 28.8 Å². The first-order valence-corrected chi connectivity index (χ1v) is 8.97. The molecule has 30 heavy (non-hydrogen) atoms. The van der Waals surface area contributed by atoms with Crippen LogP contribution in [0.5, 0.6) is 0 Å². The summed E-state index contributed by atoms with van der Waals surface area (Å²) in [5.41, 5.74) is 0.612. The Morgan fingerprint density at radius 3 is 2.20 bits per heavy atom. The van der Waals surface area contributed by atoms with E-state index in [4.69, 9.17) is 0 Å². The molecule has 0 aliphatic rings. The van der Waals surface area contributed by atoms with E-state index in [1.807, 2.05) is 0 Å². The highest BCUT2D eigenvalue weighted by Gasteiger charge is 2.33. The molecule has 0 radical (unpaired) electrons. The molecule has 0 saturated heterocycles. The van der Waals surface area contributed by atoms with Crippen molar-refractivity contribution in [1.29, 1.82) is 0 Å². The maximum atomic E-state index is 13.1. The monoisotopic (exact) mass is 413 g/mol. The molecule has 0 unspecified atom stereocenters. The molecule has 5 nitrogen and oxygen atoms in total. The van der Waals surface area contributed by atoms with Crippen LogP contribution in [0.4, 0.5) is 24.5 Å². The lowest BCUT2D eigenvalue weighted by molar-refractivity contribution is -0.138. The lowest BCUT2D eigenvalue weighted by Gasteiger charge is -2.13. The Balaban J connectivity index is 1.80. The molecule has 0 bridgehead atoms. The van der Waals surface area contributed by atoms with Gasteiger partial charge in [-0.25, -0.2) is 0 Å². The first-order valence-electron chi connectivity index (χ1n) is 8.97. The number of anilines is 2. The van der Waals surface area contributed by atoms with Crippen molar-refractivity contribution in [2.45, 2.75) is 20.0 Å². The number of aryl methyl sites for hydroxylation is 2. The third-order valence-corrected chi connectivity index (χ3v) is 4.43. The van der Waals surface area contributed by atoms with Gasteiger partial charge in [0.1, 0.15) is 0 Å². The van der Waals surface area contributed by atoms with Gasteiger partial charge >= 0.3 is 6.18 Å². The average molecular weight is 413 g/mol. The van der Waals surface area contributed by atoms with Crippen molar-refractivity contribution in [3.8, 4) is 0 Å². The molecule has 2 aromatic carbocycles. The normalized spacial score (nSPS) is 11.1. The smallest absolute Gasteiger partial charge is 0.321 e. The van der Waals surface area contributed by atoms with Gasteiger partial charge in [-0.1, -0.05) is 24.3 Å². The Labute approximate surface area is 171 Å². The van der Waals surface area contributed by atoms with Crippen molar-refractivity contribution < 1.29 is 22.8 Å². The predicted octanol–water partition coefficient (Wildman–Crippen LogP) is 5.22. The van der Waals surface area contributed by atoms with Crippen LogP contribution in [-0.4, -0.2) is 16.8 Å². The number of pyridine rings is 1. The van der Waals surface area contributed by atoms with Crippen LogP contribution in [0.25, 0.3) is 0 Å². The van der Waals surface area contributed by atoms with Crippen molar-refractivity contribution in [3.63, 3.8) is 0 Å². The Kier molecular flexibility index (Phi) is 5.86. The molecule has 2 N–H and O–H groups in total. The van der Waals surface area contributed by atoms with E-state index >= 15 is 0 Å². The summed E-state index contributed by atoms with van der Waals surface area (Å²) < 4.78 is 39.3. The number of nitrogens with one attached hydrogen (secondary N) is 2. The highest BCUT2D eigenvalue weighted by molar-refractivity contribution is 6.06. The SMILES string of the molecule is Cc1ccc(C(=O)Nc2cnc(C)c(NC(=O)c3ccccc3)c2)cc1C(F)(F)F. The molecule has 0 atom stereocenters. The molecule has 3 aromatic rings. The second kappa shape index (κ2) is 8.36. The number of aromatic nitrogens is 1. The van der Waals surface area contributed by atoms with E-state index in [1.54, 1.807) is 37.3 Å². The van der Waals surface area contributed by atoms with Gasteiger partial charge in [0.2, 0.25) is 0 Å². The molecule has 0 aliphatic heterocycles. The van der Waals surface area contributed by atoms with E-state index in [2.05, 4.69) is 15.6 Å². The molecule has 154 valence electrons. The van der Waals surface area contributed by atoms with Crippen LogP contribution in [0.1, 0.15) is 37.5 Å². The molecule has 1 heterocycles. The van der Waals surface area contributed by atoms with Crippen molar-refractivity contribution in [3.05, 3.63) is 88.7 Å². The third kappa shape index (κ3) is 4.83. The van der Waals surface area contributed by atoms with E-state index in [1.165, 1.54) is 31.3 Å². The lowest BCUT2D eigenvalue weighted by Crippen LogP contribution is -2.16. The Hall–Kier alpha value is -3.68. The molecular weight excluding hydrogens is 395 g/mol. The van der Waals surface area contributed by atoms with Gasteiger partial charge in [0.25, 0.3) is 11.8 Å². The highest BCUT2D eigenvalue weighted by Crippen LogP contribution is 2.32. The molecule has 0 aliphatic carbocycles. The molecule has 2 amide bonds. The van der Waals surface area contributed by atoms with Crippen molar-refractivity contribution in [1.82, 2.24) is 4.98 Å². The fraction of sp³-hybridized carbons (Fsp3) is 0.136. The van der Waals surface area contributed by atoms with Crippen molar-refractivity contribution in [2.75, 3.05) is 10.6 Å². The fourth-order valence-corrected chi connectivity index (χ4v) is 2.78. The summed E-state index contributed by atoms with van der Waals surface area (Å²) >= 11 is 0. The number of hydrogen-bond donors (Lipinski definition) is 2. The van der Waals surface area contributed by atoms with E-state index < -0.39 is 17.6 Å². The summed E-state index contributed by atoms with van der Waals surface area (Å²) in [6, 6.07) is 13.4. The Morgan fingerprint density at radius 2 is 1.53 bits per heavy atom. The van der Waals surface area contributed by atoms with Gasteiger partial charge in [-0.3, -0.25) is 14.6 Å². The zero-order valence-corrected chi connectivity index (χ0v) is 16.2. The van der Waals surface area contributed by atoms with E-state index in [9.17, 15) is 22.8 Å². The van der Waals surface area contributed by atoms with Gasteiger partial charge in [-0.15, -0.1) is 0 Å². The Bertz CT molecular complexity index is 1100. The number of halogens is 3. The zero-order valence-electron chi connectivity index (χ0n) is 16.2. The predicted molar refractivity (Wildman–Crippen MR) is 108 cm³/mol. The topological polar surface area (TPSA) is 71.1 Å². The molecular formula is C22H18F3N3O2. The van der Waals surface area contributed by atoms with Gasteiger partial charge in [-0.2, -0.15) is 13.2 Å². The second-order valence-electron chi connectivity index (χ2n) is 6.66. The van der Waals surface area contributed by atoms with Gasteiger partial charge in [0.15, 0.2) is 0 Å². The number of alkyl halides is 3. The molecule has 3 rings (SSSR count). The van der Waals surface area contributed by atoms with Crippen LogP contribution in [0.3, 0.4) is 0 Å². The molecule has 0 fully saturated rings. The number of carbonyl (C=O) groups is 2. The summed E-state index contributed by atoms with van der Waals surface area (Å²) in [5, 5.41) is 5.23. The lowest BCUT2D eigenvalue weighted by atomic mass is 10.0. The summed E-state index contributed by atoms with van der Waals surface area (Å²) in [6.07, 6.45) is -3.19. The third-order valence-electron chi connectivity index (χ3n) is 4.43. The second-order valence-corrected chi connectivity index (χ2v) is 6.66. The number of carbonyl (C=O) groups excluding carboxylic acids is 2. The van der Waals surface area contributed by atoms with Crippen LogP contribution in [0, 0.1) is 13.8 Å².